The summed E-state index contributed by atoms with van der Waals surface area (Å²) in [7, 11) is 0. The molecule has 0 aromatic rings. The number of aliphatic hydroxyl groups is 2. The second-order valence-electron chi connectivity index (χ2n) is 3.56. The summed E-state index contributed by atoms with van der Waals surface area (Å²) >= 11 is 0. The molecule has 3 nitrogen and oxygen atoms in total. The average molecular weight is 157 g/mol. The summed E-state index contributed by atoms with van der Waals surface area (Å²) in [6.45, 7) is 1.12. The second-order valence-corrected chi connectivity index (χ2v) is 3.56. The summed E-state index contributed by atoms with van der Waals surface area (Å²) in [4.78, 5) is 2.10. The molecule has 2 rings (SSSR count). The van der Waals surface area contributed by atoms with Crippen molar-refractivity contribution in [2.24, 2.45) is 0 Å². The van der Waals surface area contributed by atoms with Gasteiger partial charge in [0.25, 0.3) is 0 Å². The van der Waals surface area contributed by atoms with Crippen LogP contribution in [0.5, 0.6) is 0 Å². The normalized spacial score (nSPS) is 48.5. The van der Waals surface area contributed by atoms with Gasteiger partial charge >= 0.3 is 0 Å². The summed E-state index contributed by atoms with van der Waals surface area (Å²) < 4.78 is 0. The maximum absolute atomic E-state index is 9.85. The van der Waals surface area contributed by atoms with Gasteiger partial charge in [0.15, 0.2) is 0 Å². The third kappa shape index (κ3) is 0.991. The predicted octanol–water partition coefficient (Wildman–Crippen LogP) is -0.0745. The predicted molar refractivity (Wildman–Crippen MR) is 41.0 cm³/mol. The summed E-state index contributed by atoms with van der Waals surface area (Å²) in [5.41, 5.74) is -0.620. The average Bonchev–Trinajstić information content (AvgIpc) is 2.60. The maximum atomic E-state index is 9.85. The van der Waals surface area contributed by atoms with Gasteiger partial charge in [-0.2, -0.15) is 0 Å². The first-order chi connectivity index (χ1) is 5.29. The highest BCUT2D eigenvalue weighted by Gasteiger charge is 2.61. The van der Waals surface area contributed by atoms with Crippen LogP contribution in [0.2, 0.25) is 0 Å². The highest BCUT2D eigenvalue weighted by atomic mass is 16.3. The lowest BCUT2D eigenvalue weighted by molar-refractivity contribution is 0.0589. The SMILES string of the molecule is OCC[C@]1(O)[C@@H]2CCCCN21. The monoisotopic (exact) mass is 157 g/mol. The van der Waals surface area contributed by atoms with Gasteiger partial charge in [-0.25, -0.2) is 0 Å². The molecule has 0 amide bonds. The van der Waals surface area contributed by atoms with E-state index in [9.17, 15) is 5.11 Å². The highest BCUT2D eigenvalue weighted by Crippen LogP contribution is 2.46. The lowest BCUT2D eigenvalue weighted by atomic mass is 10.1. The molecule has 2 aliphatic rings. The summed E-state index contributed by atoms with van der Waals surface area (Å²) in [5.74, 6) is 0. The van der Waals surface area contributed by atoms with Crippen molar-refractivity contribution in [3.63, 3.8) is 0 Å². The fraction of sp³-hybridized carbons (Fsp3) is 1.00. The second kappa shape index (κ2) is 2.44. The Morgan fingerprint density at radius 3 is 2.82 bits per heavy atom. The van der Waals surface area contributed by atoms with Crippen molar-refractivity contribution in [2.75, 3.05) is 13.2 Å². The molecule has 2 saturated heterocycles. The molecule has 0 bridgehead atoms. The molecule has 3 atom stereocenters. The van der Waals surface area contributed by atoms with E-state index in [0.29, 0.717) is 12.5 Å². The molecule has 0 aromatic heterocycles. The van der Waals surface area contributed by atoms with Crippen LogP contribution in [0.25, 0.3) is 0 Å². The minimum Gasteiger partial charge on any atom is -0.396 e. The van der Waals surface area contributed by atoms with Gasteiger partial charge in [-0.3, -0.25) is 4.90 Å². The third-order valence-electron chi connectivity index (χ3n) is 2.95. The molecule has 0 aliphatic carbocycles. The quantitative estimate of drug-likeness (QED) is 0.551. The molecule has 11 heavy (non-hydrogen) atoms. The molecule has 2 N–H and O–H groups in total. The van der Waals surface area contributed by atoms with Crippen LogP contribution in [0.15, 0.2) is 0 Å². The Labute approximate surface area is 66.6 Å². The van der Waals surface area contributed by atoms with Crippen LogP contribution < -0.4 is 0 Å². The Morgan fingerprint density at radius 2 is 2.27 bits per heavy atom. The first-order valence-corrected chi connectivity index (χ1v) is 4.39. The van der Waals surface area contributed by atoms with Gasteiger partial charge < -0.3 is 10.2 Å². The number of fused-ring (bicyclic) bond motifs is 1. The van der Waals surface area contributed by atoms with Crippen molar-refractivity contribution >= 4 is 0 Å². The number of piperidine rings is 1. The molecule has 0 spiro atoms. The summed E-state index contributed by atoms with van der Waals surface area (Å²) in [6.07, 6.45) is 4.06. The molecule has 3 heteroatoms. The number of hydrogen-bond donors (Lipinski definition) is 2. The van der Waals surface area contributed by atoms with Gasteiger partial charge in [-0.05, 0) is 12.8 Å². The van der Waals surface area contributed by atoms with Gasteiger partial charge in [0.1, 0.15) is 5.72 Å². The van der Waals surface area contributed by atoms with Crippen LogP contribution in [0.4, 0.5) is 0 Å². The van der Waals surface area contributed by atoms with Crippen LogP contribution in [-0.4, -0.2) is 40.0 Å². The molecule has 64 valence electrons. The van der Waals surface area contributed by atoms with Crippen molar-refractivity contribution in [1.29, 1.82) is 0 Å². The zero-order chi connectivity index (χ0) is 7.90. The van der Waals surface area contributed by atoms with E-state index in [1.807, 2.05) is 0 Å². The molecular weight excluding hydrogens is 142 g/mol. The van der Waals surface area contributed by atoms with Gasteiger partial charge in [0.05, 0.1) is 6.04 Å². The van der Waals surface area contributed by atoms with Gasteiger partial charge in [0, 0.05) is 19.6 Å². The number of aliphatic hydroxyl groups excluding tert-OH is 1. The minimum atomic E-state index is -0.620. The number of nitrogens with zero attached hydrogens (tertiary/aromatic N) is 1. The van der Waals surface area contributed by atoms with Crippen molar-refractivity contribution in [3.05, 3.63) is 0 Å². The van der Waals surface area contributed by atoms with E-state index in [0.717, 1.165) is 13.0 Å². The Hall–Kier alpha value is -0.120. The highest BCUT2D eigenvalue weighted by molar-refractivity contribution is 5.10. The summed E-state index contributed by atoms with van der Waals surface area (Å²) in [5, 5.41) is 18.6. The van der Waals surface area contributed by atoms with Crippen molar-refractivity contribution in [3.8, 4) is 0 Å². The molecule has 0 saturated carbocycles. The van der Waals surface area contributed by atoms with E-state index in [2.05, 4.69) is 4.90 Å². The van der Waals surface area contributed by atoms with Gasteiger partial charge in [-0.15, -0.1) is 0 Å². The molecule has 2 fully saturated rings. The fourth-order valence-electron chi connectivity index (χ4n) is 2.27. The van der Waals surface area contributed by atoms with E-state index in [1.54, 1.807) is 0 Å². The standard InChI is InChI=1S/C8H15NO2/c10-6-4-8(11)7-3-1-2-5-9(7)8/h7,10-11H,1-6H2/t7-,8-,9?/m0/s1. The third-order valence-corrected chi connectivity index (χ3v) is 2.95. The van der Waals surface area contributed by atoms with E-state index in [4.69, 9.17) is 5.11 Å². The first kappa shape index (κ1) is 7.53. The Bertz CT molecular complexity index is 148. The Balaban J connectivity index is 1.97. The zero-order valence-electron chi connectivity index (χ0n) is 6.66. The lowest BCUT2D eigenvalue weighted by Gasteiger charge is -2.08. The topological polar surface area (TPSA) is 43.5 Å². The van der Waals surface area contributed by atoms with Gasteiger partial charge in [0.2, 0.25) is 0 Å². The van der Waals surface area contributed by atoms with E-state index in [1.165, 1.54) is 12.8 Å². The van der Waals surface area contributed by atoms with E-state index in [-0.39, 0.29) is 6.61 Å². The Morgan fingerprint density at radius 1 is 1.45 bits per heavy atom. The molecule has 2 aliphatic heterocycles. The van der Waals surface area contributed by atoms with Crippen LogP contribution in [0, 0.1) is 0 Å². The number of hydrogen-bond acceptors (Lipinski definition) is 3. The molecule has 2 heterocycles. The lowest BCUT2D eigenvalue weighted by Crippen LogP contribution is -2.19. The van der Waals surface area contributed by atoms with E-state index < -0.39 is 5.72 Å². The van der Waals surface area contributed by atoms with Crippen LogP contribution in [0.3, 0.4) is 0 Å². The zero-order valence-corrected chi connectivity index (χ0v) is 6.66. The molecule has 0 radical (unpaired) electrons. The molecule has 0 aromatic carbocycles. The minimum absolute atomic E-state index is 0.101. The van der Waals surface area contributed by atoms with E-state index >= 15 is 0 Å². The summed E-state index contributed by atoms with van der Waals surface area (Å²) in [6, 6.07) is 0.364. The van der Waals surface area contributed by atoms with Crippen LogP contribution in [-0.2, 0) is 0 Å². The first-order valence-electron chi connectivity index (χ1n) is 4.39. The van der Waals surface area contributed by atoms with Crippen LogP contribution in [0.1, 0.15) is 25.7 Å². The van der Waals surface area contributed by atoms with Crippen molar-refractivity contribution < 1.29 is 10.2 Å². The smallest absolute Gasteiger partial charge is 0.136 e. The molecule has 1 unspecified atom stereocenters. The fourth-order valence-corrected chi connectivity index (χ4v) is 2.27. The van der Waals surface area contributed by atoms with Crippen LogP contribution >= 0.6 is 0 Å². The largest absolute Gasteiger partial charge is 0.396 e. The molecular formula is C8H15NO2. The van der Waals surface area contributed by atoms with Gasteiger partial charge in [-0.1, -0.05) is 6.42 Å². The van der Waals surface area contributed by atoms with Crippen molar-refractivity contribution in [2.45, 2.75) is 37.5 Å². The maximum Gasteiger partial charge on any atom is 0.136 e. The number of rotatable bonds is 2. The Kier molecular flexibility index (Phi) is 1.67. The van der Waals surface area contributed by atoms with Crippen molar-refractivity contribution in [1.82, 2.24) is 4.90 Å².